The van der Waals surface area contributed by atoms with E-state index in [-0.39, 0.29) is 11.4 Å². The van der Waals surface area contributed by atoms with Gasteiger partial charge in [-0.05, 0) is 20.8 Å². The summed E-state index contributed by atoms with van der Waals surface area (Å²) in [4.78, 5) is 11.3. The van der Waals surface area contributed by atoms with Crippen molar-refractivity contribution >= 4 is 11.7 Å². The summed E-state index contributed by atoms with van der Waals surface area (Å²) < 4.78 is 1.64. The molecule has 0 bridgehead atoms. The Hall–Kier alpha value is -1.52. The van der Waals surface area contributed by atoms with Crippen LogP contribution in [0.2, 0.25) is 0 Å². The summed E-state index contributed by atoms with van der Waals surface area (Å²) in [6.45, 7) is 5.93. The number of hydrogen-bond acceptors (Lipinski definition) is 3. The largest absolute Gasteiger partial charge is 0.383 e. The average molecular weight is 196 g/mol. The third-order valence-electron chi connectivity index (χ3n) is 1.91. The van der Waals surface area contributed by atoms with Gasteiger partial charge in [0.1, 0.15) is 11.4 Å². The Balaban J connectivity index is 3.15. The number of nitrogens with two attached hydrogens (primary N) is 1. The lowest BCUT2D eigenvalue weighted by Crippen LogP contribution is -2.26. The topological polar surface area (TPSA) is 72.9 Å². The number of carbonyl (C=O) groups is 1. The molecular weight excluding hydrogens is 180 g/mol. The van der Waals surface area contributed by atoms with Gasteiger partial charge in [0.05, 0.1) is 11.7 Å². The SMILES string of the molecule is CNC(=O)c1cnn(C(C)(C)C)c1N. The van der Waals surface area contributed by atoms with E-state index >= 15 is 0 Å². The highest BCUT2D eigenvalue weighted by Gasteiger charge is 2.21. The van der Waals surface area contributed by atoms with Gasteiger partial charge in [0.25, 0.3) is 5.91 Å². The Morgan fingerprint density at radius 2 is 2.14 bits per heavy atom. The number of carbonyl (C=O) groups excluding carboxylic acids is 1. The number of aromatic nitrogens is 2. The Kier molecular flexibility index (Phi) is 2.51. The van der Waals surface area contributed by atoms with Crippen LogP contribution in [0.5, 0.6) is 0 Å². The molecule has 0 radical (unpaired) electrons. The van der Waals surface area contributed by atoms with E-state index in [1.807, 2.05) is 20.8 Å². The summed E-state index contributed by atoms with van der Waals surface area (Å²) >= 11 is 0. The normalized spacial score (nSPS) is 11.4. The Labute approximate surface area is 83.3 Å². The zero-order valence-electron chi connectivity index (χ0n) is 8.96. The summed E-state index contributed by atoms with van der Waals surface area (Å²) in [7, 11) is 1.57. The standard InChI is InChI=1S/C9H16N4O/c1-9(2,3)13-7(10)6(5-12-13)8(14)11-4/h5H,10H2,1-4H3,(H,11,14). The van der Waals surface area contributed by atoms with Crippen LogP contribution in [0.4, 0.5) is 5.82 Å². The Morgan fingerprint density at radius 3 is 2.50 bits per heavy atom. The second-order valence-electron chi connectivity index (χ2n) is 4.11. The van der Waals surface area contributed by atoms with E-state index in [2.05, 4.69) is 10.4 Å². The molecule has 1 amide bonds. The Morgan fingerprint density at radius 1 is 1.57 bits per heavy atom. The molecule has 1 aromatic rings. The second-order valence-corrected chi connectivity index (χ2v) is 4.11. The highest BCUT2D eigenvalue weighted by atomic mass is 16.1. The van der Waals surface area contributed by atoms with Crippen LogP contribution in [0.1, 0.15) is 31.1 Å². The number of nitrogens with zero attached hydrogens (tertiary/aromatic N) is 2. The van der Waals surface area contributed by atoms with Crippen LogP contribution in [-0.4, -0.2) is 22.7 Å². The summed E-state index contributed by atoms with van der Waals surface area (Å²) in [5.41, 5.74) is 6.01. The summed E-state index contributed by atoms with van der Waals surface area (Å²) in [6.07, 6.45) is 1.49. The first-order valence-electron chi connectivity index (χ1n) is 4.44. The smallest absolute Gasteiger partial charge is 0.256 e. The summed E-state index contributed by atoms with van der Waals surface area (Å²) in [5.74, 6) is 0.190. The minimum Gasteiger partial charge on any atom is -0.383 e. The number of nitrogen functional groups attached to an aromatic ring is 1. The predicted molar refractivity (Wildman–Crippen MR) is 55.0 cm³/mol. The zero-order valence-corrected chi connectivity index (χ0v) is 8.96. The van der Waals surface area contributed by atoms with E-state index in [1.54, 1.807) is 11.7 Å². The molecule has 14 heavy (non-hydrogen) atoms. The van der Waals surface area contributed by atoms with Crippen molar-refractivity contribution in [1.82, 2.24) is 15.1 Å². The first kappa shape index (κ1) is 10.6. The van der Waals surface area contributed by atoms with Crippen LogP contribution < -0.4 is 11.1 Å². The molecule has 5 heteroatoms. The molecule has 0 spiro atoms. The molecule has 0 fully saturated rings. The molecule has 1 rings (SSSR count). The van der Waals surface area contributed by atoms with Crippen molar-refractivity contribution in [3.8, 4) is 0 Å². The van der Waals surface area contributed by atoms with Crippen molar-refractivity contribution in [3.63, 3.8) is 0 Å². The molecule has 78 valence electrons. The van der Waals surface area contributed by atoms with Crippen molar-refractivity contribution in [2.24, 2.45) is 0 Å². The lowest BCUT2D eigenvalue weighted by Gasteiger charge is -2.20. The van der Waals surface area contributed by atoms with Gasteiger partial charge in [-0.1, -0.05) is 0 Å². The fourth-order valence-corrected chi connectivity index (χ4v) is 1.20. The average Bonchev–Trinajstić information content (AvgIpc) is 2.45. The number of hydrogen-bond donors (Lipinski definition) is 2. The van der Waals surface area contributed by atoms with Gasteiger partial charge in [0, 0.05) is 7.05 Å². The van der Waals surface area contributed by atoms with Gasteiger partial charge in [0.2, 0.25) is 0 Å². The molecular formula is C9H16N4O. The predicted octanol–water partition coefficient (Wildman–Crippen LogP) is 0.580. The molecule has 0 saturated heterocycles. The molecule has 5 nitrogen and oxygen atoms in total. The highest BCUT2D eigenvalue weighted by molar-refractivity contribution is 5.98. The number of anilines is 1. The number of amides is 1. The van der Waals surface area contributed by atoms with E-state index in [0.717, 1.165) is 0 Å². The lowest BCUT2D eigenvalue weighted by atomic mass is 10.1. The number of nitrogens with one attached hydrogen (secondary N) is 1. The van der Waals surface area contributed by atoms with Crippen LogP contribution in [0.25, 0.3) is 0 Å². The van der Waals surface area contributed by atoms with Crippen molar-refractivity contribution in [2.75, 3.05) is 12.8 Å². The summed E-state index contributed by atoms with van der Waals surface area (Å²) in [6, 6.07) is 0. The molecule has 1 aromatic heterocycles. The van der Waals surface area contributed by atoms with E-state index in [0.29, 0.717) is 11.4 Å². The van der Waals surface area contributed by atoms with Crippen molar-refractivity contribution < 1.29 is 4.79 Å². The van der Waals surface area contributed by atoms with Crippen molar-refractivity contribution in [3.05, 3.63) is 11.8 Å². The first-order valence-corrected chi connectivity index (χ1v) is 4.44. The maximum absolute atomic E-state index is 11.3. The third-order valence-corrected chi connectivity index (χ3v) is 1.91. The molecule has 0 saturated carbocycles. The molecule has 0 aliphatic carbocycles. The van der Waals surface area contributed by atoms with Gasteiger partial charge in [-0.2, -0.15) is 5.10 Å². The van der Waals surface area contributed by atoms with Crippen molar-refractivity contribution in [2.45, 2.75) is 26.3 Å². The third kappa shape index (κ3) is 1.71. The molecule has 0 unspecified atom stereocenters. The van der Waals surface area contributed by atoms with Crippen LogP contribution in [0.15, 0.2) is 6.20 Å². The number of rotatable bonds is 1. The lowest BCUT2D eigenvalue weighted by molar-refractivity contribution is 0.0964. The maximum Gasteiger partial charge on any atom is 0.256 e. The first-order chi connectivity index (χ1) is 6.38. The summed E-state index contributed by atoms with van der Waals surface area (Å²) in [5, 5.41) is 6.60. The highest BCUT2D eigenvalue weighted by Crippen LogP contribution is 2.20. The van der Waals surface area contributed by atoms with Gasteiger partial charge in [-0.15, -0.1) is 0 Å². The van der Waals surface area contributed by atoms with Crippen LogP contribution in [0, 0.1) is 0 Å². The maximum atomic E-state index is 11.3. The van der Waals surface area contributed by atoms with E-state index in [1.165, 1.54) is 6.20 Å². The van der Waals surface area contributed by atoms with Gasteiger partial charge in [-0.3, -0.25) is 4.79 Å². The minimum absolute atomic E-state index is 0.210. The quantitative estimate of drug-likeness (QED) is 0.690. The molecule has 0 aromatic carbocycles. The second kappa shape index (κ2) is 3.32. The van der Waals surface area contributed by atoms with Crippen LogP contribution in [0.3, 0.4) is 0 Å². The van der Waals surface area contributed by atoms with E-state index in [9.17, 15) is 4.79 Å². The van der Waals surface area contributed by atoms with Gasteiger partial charge < -0.3 is 11.1 Å². The van der Waals surface area contributed by atoms with Crippen molar-refractivity contribution in [1.29, 1.82) is 0 Å². The van der Waals surface area contributed by atoms with E-state index < -0.39 is 0 Å². The molecule has 1 heterocycles. The molecule has 3 N–H and O–H groups in total. The molecule has 0 aliphatic rings. The van der Waals surface area contributed by atoms with Crippen LogP contribution >= 0.6 is 0 Å². The monoisotopic (exact) mass is 196 g/mol. The Bertz CT molecular complexity index is 348. The van der Waals surface area contributed by atoms with Gasteiger partial charge in [0.15, 0.2) is 0 Å². The van der Waals surface area contributed by atoms with E-state index in [4.69, 9.17) is 5.73 Å². The molecule has 0 aliphatic heterocycles. The van der Waals surface area contributed by atoms with Gasteiger partial charge >= 0.3 is 0 Å². The van der Waals surface area contributed by atoms with Crippen LogP contribution in [-0.2, 0) is 5.54 Å². The molecule has 0 atom stereocenters. The van der Waals surface area contributed by atoms with Gasteiger partial charge in [-0.25, -0.2) is 4.68 Å². The zero-order chi connectivity index (χ0) is 10.9. The minimum atomic E-state index is -0.212. The fraction of sp³-hybridized carbons (Fsp3) is 0.556. The fourth-order valence-electron chi connectivity index (χ4n) is 1.20.